The van der Waals surface area contributed by atoms with Gasteiger partial charge in [0.2, 0.25) is 0 Å². The Morgan fingerprint density at radius 2 is 1.88 bits per heavy atom. The molecule has 0 amide bonds. The summed E-state index contributed by atoms with van der Waals surface area (Å²) < 4.78 is 11.1. The van der Waals surface area contributed by atoms with Crippen molar-refractivity contribution in [3.05, 3.63) is 59.7 Å². The number of aliphatic imine (C=N–C) groups is 1. The summed E-state index contributed by atoms with van der Waals surface area (Å²) in [6, 6.07) is 16.5. The molecule has 5 nitrogen and oxygen atoms in total. The van der Waals surface area contributed by atoms with E-state index in [1.807, 2.05) is 36.4 Å². The van der Waals surface area contributed by atoms with Gasteiger partial charge in [-0.1, -0.05) is 43.3 Å². The molecule has 2 N–H and O–H groups in total. The van der Waals surface area contributed by atoms with Gasteiger partial charge in [0, 0.05) is 13.6 Å². The highest BCUT2D eigenvalue weighted by Gasteiger charge is 2.09. The largest absolute Gasteiger partial charge is 0.493 e. The highest BCUT2D eigenvalue weighted by Crippen LogP contribution is 2.28. The molecular weight excluding hydrogens is 326 g/mol. The van der Waals surface area contributed by atoms with Crippen LogP contribution in [0.1, 0.15) is 37.4 Å². The van der Waals surface area contributed by atoms with Crippen LogP contribution in [0.3, 0.4) is 0 Å². The monoisotopic (exact) mass is 355 g/mol. The molecule has 0 aliphatic carbocycles. The maximum Gasteiger partial charge on any atom is 0.191 e. The van der Waals surface area contributed by atoms with Crippen molar-refractivity contribution in [2.75, 3.05) is 20.8 Å². The second-order valence-electron chi connectivity index (χ2n) is 6.04. The number of methoxy groups -OCH3 is 1. The minimum absolute atomic E-state index is 0.168. The van der Waals surface area contributed by atoms with Gasteiger partial charge >= 0.3 is 0 Å². The number of nitrogens with zero attached hydrogens (tertiary/aromatic N) is 1. The minimum Gasteiger partial charge on any atom is -0.493 e. The lowest BCUT2D eigenvalue weighted by Gasteiger charge is -2.18. The number of nitrogens with one attached hydrogen (secondary N) is 2. The van der Waals surface area contributed by atoms with E-state index in [2.05, 4.69) is 41.6 Å². The van der Waals surface area contributed by atoms with E-state index in [1.165, 1.54) is 5.56 Å². The van der Waals surface area contributed by atoms with E-state index in [4.69, 9.17) is 9.47 Å². The summed E-state index contributed by atoms with van der Waals surface area (Å²) in [5.74, 6) is 2.28. The number of rotatable bonds is 8. The van der Waals surface area contributed by atoms with E-state index in [1.54, 1.807) is 14.2 Å². The highest BCUT2D eigenvalue weighted by molar-refractivity contribution is 5.80. The van der Waals surface area contributed by atoms with Crippen LogP contribution in [0.25, 0.3) is 0 Å². The highest BCUT2D eigenvalue weighted by atomic mass is 16.5. The normalized spacial score (nSPS) is 12.4. The zero-order chi connectivity index (χ0) is 18.8. The third-order valence-corrected chi connectivity index (χ3v) is 4.03. The molecule has 0 fully saturated rings. The molecule has 2 aromatic rings. The van der Waals surface area contributed by atoms with Gasteiger partial charge in [0.15, 0.2) is 17.5 Å². The first-order valence-electron chi connectivity index (χ1n) is 8.99. The van der Waals surface area contributed by atoms with Crippen molar-refractivity contribution in [1.82, 2.24) is 10.6 Å². The molecule has 2 rings (SSSR count). The summed E-state index contributed by atoms with van der Waals surface area (Å²) in [5, 5.41) is 6.75. The Kier molecular flexibility index (Phi) is 7.80. The zero-order valence-electron chi connectivity index (χ0n) is 16.1. The van der Waals surface area contributed by atoms with Crippen molar-refractivity contribution in [2.45, 2.75) is 32.9 Å². The van der Waals surface area contributed by atoms with Crippen LogP contribution in [0.5, 0.6) is 11.5 Å². The van der Waals surface area contributed by atoms with Gasteiger partial charge in [-0.2, -0.15) is 0 Å². The Balaban J connectivity index is 1.95. The van der Waals surface area contributed by atoms with E-state index < -0.39 is 0 Å². The molecule has 5 heteroatoms. The predicted molar refractivity (Wildman–Crippen MR) is 107 cm³/mol. The Morgan fingerprint density at radius 3 is 2.54 bits per heavy atom. The van der Waals surface area contributed by atoms with E-state index in [0.29, 0.717) is 13.2 Å². The molecule has 140 valence electrons. The Morgan fingerprint density at radius 1 is 1.12 bits per heavy atom. The van der Waals surface area contributed by atoms with E-state index in [9.17, 15) is 0 Å². The first kappa shape index (κ1) is 19.6. The molecular formula is C21H29N3O2. The Labute approximate surface area is 156 Å². The molecule has 0 aliphatic rings. The second-order valence-corrected chi connectivity index (χ2v) is 6.04. The van der Waals surface area contributed by atoms with Crippen LogP contribution in [0, 0.1) is 0 Å². The topological polar surface area (TPSA) is 54.9 Å². The average molecular weight is 355 g/mol. The van der Waals surface area contributed by atoms with Gasteiger partial charge in [0.1, 0.15) is 0 Å². The van der Waals surface area contributed by atoms with Crippen molar-refractivity contribution in [2.24, 2.45) is 4.99 Å². The summed E-state index contributed by atoms with van der Waals surface area (Å²) in [7, 11) is 3.43. The molecule has 0 saturated heterocycles. The van der Waals surface area contributed by atoms with Gasteiger partial charge in [-0.05, 0) is 36.6 Å². The summed E-state index contributed by atoms with van der Waals surface area (Å²) in [6.07, 6.45) is 0.966. The lowest BCUT2D eigenvalue weighted by atomic mass is 10.1. The van der Waals surface area contributed by atoms with E-state index >= 15 is 0 Å². The summed E-state index contributed by atoms with van der Waals surface area (Å²) >= 11 is 0. The molecule has 0 saturated carbocycles. The number of guanidine groups is 1. The summed E-state index contributed by atoms with van der Waals surface area (Å²) in [6.45, 7) is 5.53. The third-order valence-electron chi connectivity index (χ3n) is 4.03. The van der Waals surface area contributed by atoms with Crippen LogP contribution in [0.2, 0.25) is 0 Å². The van der Waals surface area contributed by atoms with Gasteiger partial charge in [0.25, 0.3) is 0 Å². The molecule has 1 unspecified atom stereocenters. The predicted octanol–water partition coefficient (Wildman–Crippen LogP) is 3.91. The van der Waals surface area contributed by atoms with Crippen LogP contribution in [-0.2, 0) is 6.54 Å². The maximum atomic E-state index is 5.70. The van der Waals surface area contributed by atoms with Crippen LogP contribution in [0.15, 0.2) is 53.5 Å². The van der Waals surface area contributed by atoms with Gasteiger partial charge in [0.05, 0.1) is 19.8 Å². The molecule has 0 spiro atoms. The van der Waals surface area contributed by atoms with Crippen LogP contribution in [-0.4, -0.2) is 26.7 Å². The number of benzene rings is 2. The van der Waals surface area contributed by atoms with Crippen molar-refractivity contribution in [3.8, 4) is 11.5 Å². The molecule has 0 radical (unpaired) electrons. The van der Waals surface area contributed by atoms with Crippen LogP contribution >= 0.6 is 0 Å². The Bertz CT molecular complexity index is 702. The second kappa shape index (κ2) is 10.3. The molecule has 26 heavy (non-hydrogen) atoms. The van der Waals surface area contributed by atoms with Crippen molar-refractivity contribution < 1.29 is 9.47 Å². The van der Waals surface area contributed by atoms with Crippen molar-refractivity contribution in [1.29, 1.82) is 0 Å². The molecule has 0 heterocycles. The fourth-order valence-electron chi connectivity index (χ4n) is 2.56. The third kappa shape index (κ3) is 5.69. The molecule has 2 aromatic carbocycles. The van der Waals surface area contributed by atoms with Crippen LogP contribution < -0.4 is 20.1 Å². The van der Waals surface area contributed by atoms with Crippen molar-refractivity contribution in [3.63, 3.8) is 0 Å². The fraction of sp³-hybridized carbons (Fsp3) is 0.381. The minimum atomic E-state index is 0.168. The van der Waals surface area contributed by atoms with Gasteiger partial charge < -0.3 is 20.1 Å². The van der Waals surface area contributed by atoms with E-state index in [-0.39, 0.29) is 6.04 Å². The number of ether oxygens (including phenoxy) is 2. The maximum absolute atomic E-state index is 5.70. The van der Waals surface area contributed by atoms with Gasteiger partial charge in [-0.25, -0.2) is 0 Å². The molecule has 0 bridgehead atoms. The smallest absolute Gasteiger partial charge is 0.191 e. The van der Waals surface area contributed by atoms with Gasteiger partial charge in [-0.3, -0.25) is 4.99 Å². The molecule has 0 aliphatic heterocycles. The lowest BCUT2D eigenvalue weighted by Crippen LogP contribution is -2.38. The summed E-state index contributed by atoms with van der Waals surface area (Å²) in [5.41, 5.74) is 2.32. The van der Waals surface area contributed by atoms with Crippen LogP contribution in [0.4, 0.5) is 0 Å². The summed E-state index contributed by atoms with van der Waals surface area (Å²) in [4.78, 5) is 4.31. The van der Waals surface area contributed by atoms with E-state index in [0.717, 1.165) is 29.4 Å². The fourth-order valence-corrected chi connectivity index (χ4v) is 2.56. The number of hydrogen-bond donors (Lipinski definition) is 2. The number of hydrogen-bond acceptors (Lipinski definition) is 3. The standard InChI is InChI=1S/C21H29N3O2/c1-5-13-26-19-12-11-17(14-20(19)25-4)15-23-21(22-3)24-16(2)18-9-7-6-8-10-18/h6-12,14,16H,5,13,15H2,1-4H3,(H2,22,23,24). The Hall–Kier alpha value is -2.69. The van der Waals surface area contributed by atoms with Crippen molar-refractivity contribution >= 4 is 5.96 Å². The first-order valence-corrected chi connectivity index (χ1v) is 8.99. The molecule has 1 atom stereocenters. The SMILES string of the molecule is CCCOc1ccc(CNC(=NC)NC(C)c2ccccc2)cc1OC. The quantitative estimate of drug-likeness (QED) is 0.557. The average Bonchev–Trinajstić information content (AvgIpc) is 2.70. The lowest BCUT2D eigenvalue weighted by molar-refractivity contribution is 0.294. The first-order chi connectivity index (χ1) is 12.7. The zero-order valence-corrected chi connectivity index (χ0v) is 16.1. The van der Waals surface area contributed by atoms with Gasteiger partial charge in [-0.15, -0.1) is 0 Å². The molecule has 0 aromatic heterocycles.